The molecule has 1 atom stereocenters. The van der Waals surface area contributed by atoms with Crippen molar-refractivity contribution in [3.05, 3.63) is 0 Å². The molecule has 17 heavy (non-hydrogen) atoms. The van der Waals surface area contributed by atoms with E-state index in [1.54, 1.807) is 0 Å². The largest absolute Gasteiger partial charge is 0.313 e. The summed E-state index contributed by atoms with van der Waals surface area (Å²) in [6.45, 7) is 4.74. The molecule has 1 unspecified atom stereocenters. The van der Waals surface area contributed by atoms with Gasteiger partial charge in [-0.15, -0.1) is 0 Å². The fraction of sp³-hybridized carbons (Fsp3) is 1.00. The Hall–Kier alpha value is -0.0900. The minimum Gasteiger partial charge on any atom is -0.313 e. The maximum atomic E-state index is 11.9. The second kappa shape index (κ2) is 6.74. The summed E-state index contributed by atoms with van der Waals surface area (Å²) in [4.78, 5) is 0. The maximum Gasteiger partial charge on any atom is 0.151 e. The van der Waals surface area contributed by atoms with Gasteiger partial charge in [0.15, 0.2) is 9.84 Å². The molecule has 0 amide bonds. The first-order valence-electron chi connectivity index (χ1n) is 6.83. The van der Waals surface area contributed by atoms with E-state index in [1.165, 1.54) is 31.9 Å². The summed E-state index contributed by atoms with van der Waals surface area (Å²) in [7, 11) is -2.94. The maximum absolute atomic E-state index is 11.9. The van der Waals surface area contributed by atoms with Crippen LogP contribution in [0.2, 0.25) is 0 Å². The van der Waals surface area contributed by atoms with E-state index in [0.717, 1.165) is 12.8 Å². The Morgan fingerprint density at radius 3 is 2.06 bits per heavy atom. The Balaban J connectivity index is 2.67. The molecule has 102 valence electrons. The first kappa shape index (κ1) is 15.0. The van der Waals surface area contributed by atoms with Gasteiger partial charge in [-0.05, 0) is 18.8 Å². The molecule has 0 aromatic carbocycles. The monoisotopic (exact) mass is 261 g/mol. The molecular weight excluding hydrogens is 234 g/mol. The van der Waals surface area contributed by atoms with E-state index < -0.39 is 9.84 Å². The van der Waals surface area contributed by atoms with E-state index >= 15 is 0 Å². The first-order valence-corrected chi connectivity index (χ1v) is 8.79. The lowest BCUT2D eigenvalue weighted by molar-refractivity contribution is 0.401. The third-order valence-electron chi connectivity index (χ3n) is 3.70. The Bertz CT molecular complexity index is 303. The van der Waals surface area contributed by atoms with Gasteiger partial charge in [0.25, 0.3) is 0 Å². The van der Waals surface area contributed by atoms with E-state index in [1.807, 2.05) is 0 Å². The molecule has 0 aromatic rings. The van der Waals surface area contributed by atoms with Crippen LogP contribution in [0.5, 0.6) is 0 Å². The highest BCUT2D eigenvalue weighted by molar-refractivity contribution is 7.91. The van der Waals surface area contributed by atoms with Crippen LogP contribution in [0.15, 0.2) is 0 Å². The summed E-state index contributed by atoms with van der Waals surface area (Å²) >= 11 is 0. The summed E-state index contributed by atoms with van der Waals surface area (Å²) in [5.41, 5.74) is 0. The molecule has 1 aliphatic rings. The number of nitrogens with one attached hydrogen (secondary N) is 1. The van der Waals surface area contributed by atoms with Gasteiger partial charge in [0.05, 0.1) is 5.25 Å². The quantitative estimate of drug-likeness (QED) is 0.773. The van der Waals surface area contributed by atoms with Crippen LogP contribution in [0.4, 0.5) is 0 Å². The molecule has 0 heterocycles. The van der Waals surface area contributed by atoms with Crippen LogP contribution in [0.1, 0.15) is 52.4 Å². The molecule has 0 saturated heterocycles. The number of sulfone groups is 1. The van der Waals surface area contributed by atoms with Crippen molar-refractivity contribution >= 4 is 9.84 Å². The molecule has 0 aliphatic heterocycles. The molecule has 1 saturated carbocycles. The molecule has 3 nitrogen and oxygen atoms in total. The number of hydrogen-bond donors (Lipinski definition) is 1. The lowest BCUT2D eigenvalue weighted by Gasteiger charge is -2.25. The minimum atomic E-state index is -2.94. The molecule has 0 bridgehead atoms. The second-order valence-corrected chi connectivity index (χ2v) is 7.95. The van der Waals surface area contributed by atoms with Gasteiger partial charge in [-0.1, -0.05) is 39.5 Å². The van der Waals surface area contributed by atoms with Crippen molar-refractivity contribution in [3.63, 3.8) is 0 Å². The third-order valence-corrected chi connectivity index (χ3v) is 5.35. The van der Waals surface area contributed by atoms with Gasteiger partial charge >= 0.3 is 0 Å². The van der Waals surface area contributed by atoms with Gasteiger partial charge in [-0.25, -0.2) is 8.42 Å². The van der Waals surface area contributed by atoms with Crippen LogP contribution >= 0.6 is 0 Å². The van der Waals surface area contributed by atoms with Crippen LogP contribution in [0.3, 0.4) is 0 Å². The molecule has 4 heteroatoms. The van der Waals surface area contributed by atoms with E-state index in [2.05, 4.69) is 19.2 Å². The van der Waals surface area contributed by atoms with Crippen LogP contribution in [0.25, 0.3) is 0 Å². The van der Waals surface area contributed by atoms with E-state index in [-0.39, 0.29) is 5.25 Å². The van der Waals surface area contributed by atoms with E-state index in [9.17, 15) is 8.42 Å². The van der Waals surface area contributed by atoms with Crippen molar-refractivity contribution in [2.75, 3.05) is 12.8 Å². The molecule has 0 spiro atoms. The zero-order valence-corrected chi connectivity index (χ0v) is 12.2. The van der Waals surface area contributed by atoms with Crippen molar-refractivity contribution in [1.29, 1.82) is 0 Å². The van der Waals surface area contributed by atoms with E-state index in [0.29, 0.717) is 18.5 Å². The van der Waals surface area contributed by atoms with Crippen molar-refractivity contribution in [3.8, 4) is 0 Å². The highest BCUT2D eigenvalue weighted by Crippen LogP contribution is 2.28. The summed E-state index contributed by atoms with van der Waals surface area (Å²) in [6.07, 6.45) is 8.48. The average Bonchev–Trinajstić information content (AvgIpc) is 2.44. The zero-order chi connectivity index (χ0) is 12.9. The second-order valence-electron chi connectivity index (χ2n) is 5.68. The van der Waals surface area contributed by atoms with Gasteiger partial charge in [0.1, 0.15) is 0 Å². The SMILES string of the molecule is CC(C)NCC(C1CCCCCC1)S(C)(=O)=O. The lowest BCUT2D eigenvalue weighted by Crippen LogP contribution is -2.41. The molecule has 1 aliphatic carbocycles. The fourth-order valence-corrected chi connectivity index (χ4v) is 4.07. The fourth-order valence-electron chi connectivity index (χ4n) is 2.70. The van der Waals surface area contributed by atoms with Crippen LogP contribution in [0, 0.1) is 5.92 Å². The standard InChI is InChI=1S/C13H27NO2S/c1-11(2)14-10-13(17(3,15)16)12-8-6-4-5-7-9-12/h11-14H,4-10H2,1-3H3. The topological polar surface area (TPSA) is 46.2 Å². The van der Waals surface area contributed by atoms with Gasteiger partial charge in [-0.2, -0.15) is 0 Å². The van der Waals surface area contributed by atoms with Crippen molar-refractivity contribution < 1.29 is 8.42 Å². The minimum absolute atomic E-state index is 0.192. The van der Waals surface area contributed by atoms with Crippen LogP contribution in [-0.2, 0) is 9.84 Å². The predicted octanol–water partition coefficient (Wildman–Crippen LogP) is 2.37. The molecule has 1 rings (SSSR count). The summed E-state index contributed by atoms with van der Waals surface area (Å²) < 4.78 is 23.8. The normalized spacial score (nSPS) is 21.4. The average molecular weight is 261 g/mol. The van der Waals surface area contributed by atoms with Crippen LogP contribution in [-0.4, -0.2) is 32.5 Å². The molecule has 1 fully saturated rings. The number of hydrogen-bond acceptors (Lipinski definition) is 3. The Labute approximate surface area is 106 Å². The Morgan fingerprint density at radius 2 is 1.65 bits per heavy atom. The van der Waals surface area contributed by atoms with Gasteiger partial charge in [0, 0.05) is 18.8 Å². The summed E-state index contributed by atoms with van der Waals surface area (Å²) in [5.74, 6) is 0.360. The molecular formula is C13H27NO2S. The van der Waals surface area contributed by atoms with Crippen molar-refractivity contribution in [2.45, 2.75) is 63.7 Å². The van der Waals surface area contributed by atoms with Crippen LogP contribution < -0.4 is 5.32 Å². The molecule has 0 aromatic heterocycles. The molecule has 1 N–H and O–H groups in total. The smallest absolute Gasteiger partial charge is 0.151 e. The van der Waals surface area contributed by atoms with Crippen molar-refractivity contribution in [1.82, 2.24) is 5.32 Å². The molecule has 0 radical (unpaired) electrons. The Morgan fingerprint density at radius 1 is 1.12 bits per heavy atom. The highest BCUT2D eigenvalue weighted by atomic mass is 32.2. The van der Waals surface area contributed by atoms with Gasteiger partial charge in [-0.3, -0.25) is 0 Å². The third kappa shape index (κ3) is 5.38. The highest BCUT2D eigenvalue weighted by Gasteiger charge is 2.30. The zero-order valence-electron chi connectivity index (χ0n) is 11.4. The summed E-state index contributed by atoms with van der Waals surface area (Å²) in [6, 6.07) is 0.352. The van der Waals surface area contributed by atoms with Gasteiger partial charge in [0.2, 0.25) is 0 Å². The lowest BCUT2D eigenvalue weighted by atomic mass is 9.96. The predicted molar refractivity (Wildman–Crippen MR) is 73.0 cm³/mol. The first-order chi connectivity index (χ1) is 7.91. The summed E-state index contributed by atoms with van der Waals surface area (Å²) in [5, 5.41) is 3.10. The van der Waals surface area contributed by atoms with Crippen molar-refractivity contribution in [2.24, 2.45) is 5.92 Å². The van der Waals surface area contributed by atoms with E-state index in [4.69, 9.17) is 0 Å². The number of rotatable bonds is 5. The van der Waals surface area contributed by atoms with Gasteiger partial charge < -0.3 is 5.32 Å². The Kier molecular flexibility index (Phi) is 5.93.